The summed E-state index contributed by atoms with van der Waals surface area (Å²) in [4.78, 5) is 33.3. The molecule has 2 aromatic rings. The van der Waals surface area contributed by atoms with E-state index in [1.165, 1.54) is 0 Å². The van der Waals surface area contributed by atoms with Crippen molar-refractivity contribution in [3.8, 4) is 6.07 Å². The highest BCUT2D eigenvalue weighted by Crippen LogP contribution is 2.31. The zero-order valence-electron chi connectivity index (χ0n) is 20.1. The SMILES string of the molecule is C[C@@H]1CN(c2ccc(C#N)c3ncccc23)C[C@H](C(=O)N2CC(CNC(=O)OC(C)(C)C)C2)O1. The standard InChI is InChI=1S/C25H31N5O4/c1-16-12-29(20-8-7-18(10-26)22-19(20)6-5-9-27-22)15-21(33-16)23(31)30-13-17(14-30)11-28-24(32)34-25(2,3)4/h5-9,16-17,21H,11-15H2,1-4H3,(H,28,32)/t16-,21-/m1/s1. The lowest BCUT2D eigenvalue weighted by Gasteiger charge is -2.44. The van der Waals surface area contributed by atoms with Gasteiger partial charge >= 0.3 is 6.09 Å². The van der Waals surface area contributed by atoms with E-state index in [1.807, 2.05) is 45.9 Å². The lowest BCUT2D eigenvalue weighted by Crippen LogP contribution is -2.60. The van der Waals surface area contributed by atoms with Crippen molar-refractivity contribution in [2.24, 2.45) is 5.92 Å². The Hall–Kier alpha value is -3.38. The molecule has 0 bridgehead atoms. The summed E-state index contributed by atoms with van der Waals surface area (Å²) in [5, 5.41) is 13.1. The number of morpholine rings is 1. The maximum absolute atomic E-state index is 13.1. The van der Waals surface area contributed by atoms with Gasteiger partial charge in [0, 0.05) is 49.4 Å². The van der Waals surface area contributed by atoms with E-state index in [0.29, 0.717) is 43.8 Å². The number of nitrogens with one attached hydrogen (secondary N) is 1. The van der Waals surface area contributed by atoms with Crippen LogP contribution < -0.4 is 10.2 Å². The number of rotatable bonds is 4. The summed E-state index contributed by atoms with van der Waals surface area (Å²) in [5.41, 5.74) is 1.59. The lowest BCUT2D eigenvalue weighted by molar-refractivity contribution is -0.154. The summed E-state index contributed by atoms with van der Waals surface area (Å²) in [6.45, 7) is 10.1. The number of pyridine rings is 1. The van der Waals surface area contributed by atoms with Crippen LogP contribution in [-0.4, -0.2) is 72.4 Å². The van der Waals surface area contributed by atoms with Gasteiger partial charge in [0.15, 0.2) is 6.10 Å². The quantitative estimate of drug-likeness (QED) is 0.740. The van der Waals surface area contributed by atoms with E-state index in [1.54, 1.807) is 17.2 Å². The third-order valence-electron chi connectivity index (χ3n) is 5.95. The molecular weight excluding hydrogens is 434 g/mol. The van der Waals surface area contributed by atoms with Crippen LogP contribution in [-0.2, 0) is 14.3 Å². The number of fused-ring (bicyclic) bond motifs is 1. The molecule has 0 spiro atoms. The van der Waals surface area contributed by atoms with Crippen molar-refractivity contribution in [2.45, 2.75) is 45.5 Å². The third kappa shape index (κ3) is 5.23. The van der Waals surface area contributed by atoms with E-state index in [0.717, 1.165) is 11.1 Å². The zero-order valence-corrected chi connectivity index (χ0v) is 20.1. The number of ether oxygens (including phenoxy) is 2. The van der Waals surface area contributed by atoms with Gasteiger partial charge in [-0.3, -0.25) is 9.78 Å². The molecule has 0 unspecified atom stereocenters. The van der Waals surface area contributed by atoms with Crippen molar-refractivity contribution in [1.29, 1.82) is 5.26 Å². The van der Waals surface area contributed by atoms with Gasteiger partial charge in [-0.2, -0.15) is 5.26 Å². The van der Waals surface area contributed by atoms with Crippen LogP contribution >= 0.6 is 0 Å². The Kier molecular flexibility index (Phi) is 6.62. The molecule has 0 saturated carbocycles. The molecular formula is C25H31N5O4. The van der Waals surface area contributed by atoms with Crippen molar-refractivity contribution >= 4 is 28.6 Å². The van der Waals surface area contributed by atoms with Gasteiger partial charge in [0.2, 0.25) is 0 Å². The predicted molar refractivity (Wildman–Crippen MR) is 127 cm³/mol. The molecule has 2 fully saturated rings. The zero-order chi connectivity index (χ0) is 24.5. The van der Waals surface area contributed by atoms with E-state index in [2.05, 4.69) is 21.3 Å². The fraction of sp³-hybridized carbons (Fsp3) is 0.520. The first kappa shape index (κ1) is 23.8. The maximum atomic E-state index is 13.1. The van der Waals surface area contributed by atoms with E-state index >= 15 is 0 Å². The van der Waals surface area contributed by atoms with Crippen LogP contribution in [0.3, 0.4) is 0 Å². The second kappa shape index (κ2) is 9.47. The number of nitrogens with zero attached hydrogens (tertiary/aromatic N) is 4. The van der Waals surface area contributed by atoms with E-state index < -0.39 is 17.8 Å². The second-order valence-corrected chi connectivity index (χ2v) is 9.98. The molecule has 1 aromatic carbocycles. The van der Waals surface area contributed by atoms with Gasteiger partial charge < -0.3 is 24.6 Å². The Balaban J connectivity index is 1.37. The Bertz CT molecular complexity index is 1120. The van der Waals surface area contributed by atoms with Crippen molar-refractivity contribution in [3.63, 3.8) is 0 Å². The minimum Gasteiger partial charge on any atom is -0.444 e. The van der Waals surface area contributed by atoms with Gasteiger partial charge in [-0.25, -0.2) is 4.79 Å². The molecule has 34 heavy (non-hydrogen) atoms. The van der Waals surface area contributed by atoms with Crippen LogP contribution in [0.4, 0.5) is 10.5 Å². The number of aromatic nitrogens is 1. The van der Waals surface area contributed by atoms with Crippen LogP contribution in [0.15, 0.2) is 30.5 Å². The van der Waals surface area contributed by atoms with Crippen LogP contribution in [0.2, 0.25) is 0 Å². The summed E-state index contributed by atoms with van der Waals surface area (Å²) in [6, 6.07) is 9.70. The number of anilines is 1. The van der Waals surface area contributed by atoms with Crippen molar-refractivity contribution < 1.29 is 19.1 Å². The number of amides is 2. The minimum atomic E-state index is -0.578. The fourth-order valence-electron chi connectivity index (χ4n) is 4.43. The van der Waals surface area contributed by atoms with E-state index in [4.69, 9.17) is 9.47 Å². The first-order valence-electron chi connectivity index (χ1n) is 11.6. The number of hydrogen-bond donors (Lipinski definition) is 1. The molecule has 9 nitrogen and oxygen atoms in total. The molecule has 9 heteroatoms. The number of benzene rings is 1. The molecule has 2 atom stereocenters. The van der Waals surface area contributed by atoms with Gasteiger partial charge in [0.1, 0.15) is 11.7 Å². The third-order valence-corrected chi connectivity index (χ3v) is 5.95. The summed E-state index contributed by atoms with van der Waals surface area (Å²) >= 11 is 0. The summed E-state index contributed by atoms with van der Waals surface area (Å²) < 4.78 is 11.3. The topological polar surface area (TPSA) is 108 Å². The Morgan fingerprint density at radius 1 is 1.24 bits per heavy atom. The monoisotopic (exact) mass is 465 g/mol. The average Bonchev–Trinajstić information content (AvgIpc) is 2.75. The molecule has 2 aliphatic heterocycles. The number of alkyl carbamates (subject to hydrolysis) is 1. The van der Waals surface area contributed by atoms with Crippen molar-refractivity contribution in [3.05, 3.63) is 36.0 Å². The number of nitriles is 1. The summed E-state index contributed by atoms with van der Waals surface area (Å²) in [6.07, 6.45) is 0.530. The summed E-state index contributed by atoms with van der Waals surface area (Å²) in [7, 11) is 0. The molecule has 180 valence electrons. The number of carbonyl (C=O) groups is 2. The fourth-order valence-corrected chi connectivity index (χ4v) is 4.43. The van der Waals surface area contributed by atoms with Crippen LogP contribution in [0.25, 0.3) is 10.9 Å². The smallest absolute Gasteiger partial charge is 0.407 e. The summed E-state index contributed by atoms with van der Waals surface area (Å²) in [5.74, 6) is 0.156. The molecule has 3 heterocycles. The first-order chi connectivity index (χ1) is 16.1. The molecule has 2 saturated heterocycles. The Morgan fingerprint density at radius 2 is 2.00 bits per heavy atom. The predicted octanol–water partition coefficient (Wildman–Crippen LogP) is 2.68. The van der Waals surface area contributed by atoms with Crippen LogP contribution in [0, 0.1) is 17.2 Å². The highest BCUT2D eigenvalue weighted by Gasteiger charge is 2.39. The minimum absolute atomic E-state index is 0.0406. The highest BCUT2D eigenvalue weighted by atomic mass is 16.6. The van der Waals surface area contributed by atoms with Gasteiger partial charge in [0.05, 0.1) is 23.7 Å². The Labute approximate surface area is 199 Å². The van der Waals surface area contributed by atoms with Crippen LogP contribution in [0.5, 0.6) is 0 Å². The Morgan fingerprint density at radius 3 is 2.71 bits per heavy atom. The second-order valence-electron chi connectivity index (χ2n) is 9.98. The van der Waals surface area contributed by atoms with Gasteiger partial charge in [-0.1, -0.05) is 0 Å². The number of carbonyl (C=O) groups excluding carboxylic acids is 2. The molecule has 0 radical (unpaired) electrons. The maximum Gasteiger partial charge on any atom is 0.407 e. The molecule has 0 aliphatic carbocycles. The van der Waals surface area contributed by atoms with Gasteiger partial charge in [0.25, 0.3) is 5.91 Å². The number of likely N-dealkylation sites (tertiary alicyclic amines) is 1. The normalized spacial score (nSPS) is 21.0. The van der Waals surface area contributed by atoms with Gasteiger partial charge in [-0.15, -0.1) is 0 Å². The van der Waals surface area contributed by atoms with E-state index in [9.17, 15) is 14.9 Å². The molecule has 1 aromatic heterocycles. The first-order valence-corrected chi connectivity index (χ1v) is 11.6. The lowest BCUT2D eigenvalue weighted by atomic mass is 9.98. The molecule has 2 aliphatic rings. The highest BCUT2D eigenvalue weighted by molar-refractivity contribution is 5.95. The largest absolute Gasteiger partial charge is 0.444 e. The van der Waals surface area contributed by atoms with E-state index in [-0.39, 0.29) is 17.9 Å². The molecule has 4 rings (SSSR count). The van der Waals surface area contributed by atoms with Crippen molar-refractivity contribution in [2.75, 3.05) is 37.6 Å². The molecule has 1 N–H and O–H groups in total. The average molecular weight is 466 g/mol. The number of hydrogen-bond acceptors (Lipinski definition) is 7. The molecule has 2 amide bonds. The van der Waals surface area contributed by atoms with Crippen molar-refractivity contribution in [1.82, 2.24) is 15.2 Å². The van der Waals surface area contributed by atoms with Crippen LogP contribution in [0.1, 0.15) is 33.3 Å². The van der Waals surface area contributed by atoms with Gasteiger partial charge in [-0.05, 0) is 52.0 Å².